The summed E-state index contributed by atoms with van der Waals surface area (Å²) in [5.41, 5.74) is 2.93. The lowest BCUT2D eigenvalue weighted by Crippen LogP contribution is -2.36. The maximum Gasteiger partial charge on any atom is 0.260 e. The van der Waals surface area contributed by atoms with Crippen molar-refractivity contribution in [2.24, 2.45) is 5.92 Å². The van der Waals surface area contributed by atoms with E-state index in [1.165, 1.54) is 24.4 Å². The van der Waals surface area contributed by atoms with Gasteiger partial charge in [0.05, 0.1) is 36.4 Å². The van der Waals surface area contributed by atoms with Gasteiger partial charge in [0, 0.05) is 25.6 Å². The van der Waals surface area contributed by atoms with Gasteiger partial charge in [-0.2, -0.15) is 0 Å². The number of imidazole rings is 1. The number of rotatable bonds is 5. The second-order valence-corrected chi connectivity index (χ2v) is 8.66. The summed E-state index contributed by atoms with van der Waals surface area (Å²) < 4.78 is 7.82. The lowest BCUT2D eigenvalue weighted by atomic mass is 10.0. The fraction of sp³-hybridized carbons (Fsp3) is 0.500. The van der Waals surface area contributed by atoms with E-state index in [1.807, 2.05) is 18.3 Å². The van der Waals surface area contributed by atoms with Gasteiger partial charge >= 0.3 is 0 Å². The Morgan fingerprint density at radius 2 is 2.07 bits per heavy atom. The number of hydrogen-bond acceptors (Lipinski definition) is 5. The molecule has 150 valence electrons. The molecule has 2 fully saturated rings. The van der Waals surface area contributed by atoms with Crippen LogP contribution in [0, 0.1) is 5.92 Å². The molecule has 7 nitrogen and oxygen atoms in total. The van der Waals surface area contributed by atoms with Crippen molar-refractivity contribution in [2.75, 3.05) is 18.6 Å². The van der Waals surface area contributed by atoms with E-state index >= 15 is 0 Å². The number of fused-ring (bicyclic) bond motifs is 2. The molecule has 0 atom stereocenters. The molecule has 0 amide bonds. The Labute approximate surface area is 168 Å². The Balaban J connectivity index is 1.36. The Kier molecular flexibility index (Phi) is 3.73. The van der Waals surface area contributed by atoms with Gasteiger partial charge in [0.2, 0.25) is 5.95 Å². The van der Waals surface area contributed by atoms with Crippen molar-refractivity contribution >= 4 is 16.9 Å². The van der Waals surface area contributed by atoms with Crippen LogP contribution in [0.2, 0.25) is 0 Å². The van der Waals surface area contributed by atoms with E-state index in [1.54, 1.807) is 7.11 Å². The quantitative estimate of drug-likeness (QED) is 0.724. The normalized spacial score (nSPS) is 18.9. The average molecular weight is 391 g/mol. The number of benzene rings is 1. The minimum absolute atomic E-state index is 0.0527. The smallest absolute Gasteiger partial charge is 0.260 e. The van der Waals surface area contributed by atoms with Crippen molar-refractivity contribution in [1.29, 1.82) is 0 Å². The van der Waals surface area contributed by atoms with E-state index < -0.39 is 0 Å². The molecule has 0 unspecified atom stereocenters. The molecular formula is C22H25N5O2. The predicted octanol–water partition coefficient (Wildman–Crippen LogP) is 2.98. The zero-order valence-corrected chi connectivity index (χ0v) is 16.6. The molecule has 1 aliphatic heterocycles. The molecule has 1 N–H and O–H groups in total. The SMILES string of the molecule is COc1cc(C2CC2)c2c(=O)[nH]c(N3CCn4c(cnc4CC4CC4)C3)nc2c1. The van der Waals surface area contributed by atoms with E-state index in [2.05, 4.69) is 19.4 Å². The van der Waals surface area contributed by atoms with Crippen LogP contribution in [0.4, 0.5) is 5.95 Å². The van der Waals surface area contributed by atoms with Crippen LogP contribution in [0.5, 0.6) is 5.75 Å². The second kappa shape index (κ2) is 6.34. The number of hydrogen-bond donors (Lipinski definition) is 1. The molecule has 6 rings (SSSR count). The van der Waals surface area contributed by atoms with Crippen molar-refractivity contribution in [3.63, 3.8) is 0 Å². The van der Waals surface area contributed by atoms with E-state index in [4.69, 9.17) is 9.72 Å². The van der Waals surface area contributed by atoms with Crippen molar-refractivity contribution in [1.82, 2.24) is 19.5 Å². The number of H-pyrrole nitrogens is 1. The van der Waals surface area contributed by atoms with Crippen LogP contribution in [-0.2, 0) is 19.5 Å². The fourth-order valence-electron chi connectivity index (χ4n) is 4.52. The molecule has 2 aromatic heterocycles. The summed E-state index contributed by atoms with van der Waals surface area (Å²) in [4.78, 5) is 27.7. The lowest BCUT2D eigenvalue weighted by molar-refractivity contribution is 0.415. The highest BCUT2D eigenvalue weighted by molar-refractivity contribution is 5.85. The molecule has 2 aliphatic carbocycles. The molecular weight excluding hydrogens is 366 g/mol. The first-order valence-corrected chi connectivity index (χ1v) is 10.6. The first-order valence-electron chi connectivity index (χ1n) is 10.6. The number of methoxy groups -OCH3 is 1. The van der Waals surface area contributed by atoms with Crippen LogP contribution in [0.3, 0.4) is 0 Å². The van der Waals surface area contributed by atoms with Gasteiger partial charge in [-0.25, -0.2) is 9.97 Å². The molecule has 3 aliphatic rings. The van der Waals surface area contributed by atoms with E-state index in [-0.39, 0.29) is 5.56 Å². The summed E-state index contributed by atoms with van der Waals surface area (Å²) in [7, 11) is 1.66. The minimum atomic E-state index is -0.0527. The predicted molar refractivity (Wildman–Crippen MR) is 111 cm³/mol. The average Bonchev–Trinajstić information content (AvgIpc) is 3.65. The molecule has 29 heavy (non-hydrogen) atoms. The van der Waals surface area contributed by atoms with Gasteiger partial charge in [0.15, 0.2) is 0 Å². The number of ether oxygens (including phenoxy) is 1. The summed E-state index contributed by atoms with van der Waals surface area (Å²) in [5, 5.41) is 0.714. The van der Waals surface area contributed by atoms with Gasteiger partial charge in [-0.05, 0) is 49.1 Å². The highest BCUT2D eigenvalue weighted by Crippen LogP contribution is 2.43. The number of aromatic nitrogens is 4. The zero-order valence-electron chi connectivity index (χ0n) is 16.6. The lowest BCUT2D eigenvalue weighted by Gasteiger charge is -2.29. The third-order valence-electron chi connectivity index (χ3n) is 6.49. The molecule has 3 heterocycles. The maximum atomic E-state index is 13.0. The molecule has 1 aromatic carbocycles. The third-order valence-corrected chi connectivity index (χ3v) is 6.49. The van der Waals surface area contributed by atoms with Crippen LogP contribution < -0.4 is 15.2 Å². The largest absolute Gasteiger partial charge is 0.497 e. The van der Waals surface area contributed by atoms with Crippen LogP contribution in [-0.4, -0.2) is 33.2 Å². The van der Waals surface area contributed by atoms with Crippen molar-refractivity contribution in [3.8, 4) is 5.75 Å². The molecule has 0 bridgehead atoms. The number of nitrogens with one attached hydrogen (secondary N) is 1. The fourth-order valence-corrected chi connectivity index (χ4v) is 4.52. The maximum absolute atomic E-state index is 13.0. The molecule has 0 saturated heterocycles. The number of nitrogens with zero attached hydrogens (tertiary/aromatic N) is 4. The Morgan fingerprint density at radius 3 is 2.83 bits per heavy atom. The summed E-state index contributed by atoms with van der Waals surface area (Å²) in [6.07, 6.45) is 8.00. The number of anilines is 1. The van der Waals surface area contributed by atoms with Crippen LogP contribution >= 0.6 is 0 Å². The molecule has 0 spiro atoms. The van der Waals surface area contributed by atoms with Crippen molar-refractivity contribution < 1.29 is 4.74 Å². The summed E-state index contributed by atoms with van der Waals surface area (Å²) in [6.45, 7) is 2.41. The Hall–Kier alpha value is -2.83. The molecule has 2 saturated carbocycles. The highest BCUT2D eigenvalue weighted by Gasteiger charge is 2.29. The van der Waals surface area contributed by atoms with Gasteiger partial charge in [-0.3, -0.25) is 9.78 Å². The van der Waals surface area contributed by atoms with E-state index in [9.17, 15) is 4.79 Å². The Bertz CT molecular complexity index is 1160. The van der Waals surface area contributed by atoms with Crippen LogP contribution in [0.1, 0.15) is 48.7 Å². The molecule has 7 heteroatoms. The van der Waals surface area contributed by atoms with Gasteiger partial charge in [-0.1, -0.05) is 0 Å². The van der Waals surface area contributed by atoms with Gasteiger partial charge in [-0.15, -0.1) is 0 Å². The van der Waals surface area contributed by atoms with Crippen molar-refractivity contribution in [3.05, 3.63) is 45.8 Å². The second-order valence-electron chi connectivity index (χ2n) is 8.66. The highest BCUT2D eigenvalue weighted by atomic mass is 16.5. The monoisotopic (exact) mass is 391 g/mol. The van der Waals surface area contributed by atoms with E-state index in [0.29, 0.717) is 23.8 Å². The molecule has 3 aromatic rings. The van der Waals surface area contributed by atoms with Gasteiger partial charge in [0.25, 0.3) is 5.56 Å². The standard InChI is InChI=1S/C22H25N5O2/c1-29-16-9-17(14-4-5-14)20-18(10-16)24-22(25-21(20)28)26-6-7-27-15(12-26)11-23-19(27)8-13-2-3-13/h9-11,13-14H,2-8,12H2,1H3,(H,24,25,28). The third kappa shape index (κ3) is 2.99. The first-order chi connectivity index (χ1) is 14.2. The van der Waals surface area contributed by atoms with Gasteiger partial charge < -0.3 is 14.2 Å². The van der Waals surface area contributed by atoms with Gasteiger partial charge in [0.1, 0.15) is 11.6 Å². The summed E-state index contributed by atoms with van der Waals surface area (Å²) in [5.74, 6) is 3.89. The number of aromatic amines is 1. The summed E-state index contributed by atoms with van der Waals surface area (Å²) in [6, 6.07) is 3.87. The topological polar surface area (TPSA) is 76.0 Å². The zero-order chi connectivity index (χ0) is 19.5. The summed E-state index contributed by atoms with van der Waals surface area (Å²) >= 11 is 0. The molecule has 0 radical (unpaired) electrons. The Morgan fingerprint density at radius 1 is 1.21 bits per heavy atom. The van der Waals surface area contributed by atoms with Crippen LogP contribution in [0.25, 0.3) is 10.9 Å². The van der Waals surface area contributed by atoms with E-state index in [0.717, 1.165) is 55.1 Å². The minimum Gasteiger partial charge on any atom is -0.497 e. The van der Waals surface area contributed by atoms with Crippen LogP contribution in [0.15, 0.2) is 23.1 Å². The first kappa shape index (κ1) is 17.1. The van der Waals surface area contributed by atoms with Crippen molar-refractivity contribution in [2.45, 2.75) is 51.1 Å².